The molecule has 0 saturated carbocycles. The van der Waals surface area contributed by atoms with Crippen molar-refractivity contribution in [2.45, 2.75) is 6.23 Å². The Bertz CT molecular complexity index is 529. The van der Waals surface area contributed by atoms with Crippen molar-refractivity contribution in [2.24, 2.45) is 0 Å². The van der Waals surface area contributed by atoms with Crippen molar-refractivity contribution < 1.29 is 33.7 Å². The zero-order valence-electron chi connectivity index (χ0n) is 13.8. The van der Waals surface area contributed by atoms with Crippen LogP contribution in [0.1, 0.15) is 0 Å². The Morgan fingerprint density at radius 3 is 1.80 bits per heavy atom. The van der Waals surface area contributed by atoms with E-state index in [1.807, 2.05) is 0 Å². The van der Waals surface area contributed by atoms with Crippen LogP contribution < -0.4 is 0 Å². The molecular weight excluding hydrogens is 332 g/mol. The minimum absolute atomic E-state index is 0.224. The molecule has 0 aromatic rings. The number of carbonyl (C=O) groups excluding carboxylic acids is 3. The van der Waals surface area contributed by atoms with Crippen molar-refractivity contribution >= 4 is 17.7 Å². The van der Waals surface area contributed by atoms with E-state index in [2.05, 4.69) is 0 Å². The highest BCUT2D eigenvalue weighted by Crippen LogP contribution is 2.07. The summed E-state index contributed by atoms with van der Waals surface area (Å²) < 4.78 is 15.9. The zero-order chi connectivity index (χ0) is 18.1. The molecule has 1 atom stereocenters. The summed E-state index contributed by atoms with van der Waals surface area (Å²) in [7, 11) is 0. The molecule has 0 radical (unpaired) electrons. The summed E-state index contributed by atoms with van der Waals surface area (Å²) in [6.45, 7) is 2.60. The Balaban J connectivity index is 1.36. The van der Waals surface area contributed by atoms with E-state index >= 15 is 0 Å². The van der Waals surface area contributed by atoms with Crippen LogP contribution in [0.4, 0.5) is 0 Å². The first kappa shape index (κ1) is 19.3. The van der Waals surface area contributed by atoms with Gasteiger partial charge in [-0.05, 0) is 6.08 Å². The second-order valence-corrected chi connectivity index (χ2v) is 5.30. The lowest BCUT2D eigenvalue weighted by Gasteiger charge is -2.20. The maximum atomic E-state index is 11.3. The fourth-order valence-corrected chi connectivity index (χ4v) is 2.25. The first-order valence-electron chi connectivity index (χ1n) is 8.03. The van der Waals surface area contributed by atoms with E-state index in [0.29, 0.717) is 39.6 Å². The second kappa shape index (κ2) is 10.0. The van der Waals surface area contributed by atoms with Crippen molar-refractivity contribution in [1.29, 1.82) is 0 Å². The number of hydrogen-bond donors (Lipinski definition) is 1. The highest BCUT2D eigenvalue weighted by Gasteiger charge is 2.23. The summed E-state index contributed by atoms with van der Waals surface area (Å²) in [6, 6.07) is 0. The molecule has 0 saturated heterocycles. The maximum Gasteiger partial charge on any atom is 0.253 e. The fraction of sp³-hybridized carbons (Fsp3) is 0.562. The minimum Gasteiger partial charge on any atom is -0.377 e. The predicted octanol–water partition coefficient (Wildman–Crippen LogP) is -1.32. The number of rotatable bonds is 12. The van der Waals surface area contributed by atoms with Gasteiger partial charge in [-0.2, -0.15) is 0 Å². The summed E-state index contributed by atoms with van der Waals surface area (Å²) in [5.41, 5.74) is 0. The lowest BCUT2D eigenvalue weighted by Crippen LogP contribution is -2.36. The van der Waals surface area contributed by atoms with Gasteiger partial charge in [0.15, 0.2) is 0 Å². The molecule has 0 spiro atoms. The van der Waals surface area contributed by atoms with E-state index in [9.17, 15) is 19.5 Å². The van der Waals surface area contributed by atoms with Gasteiger partial charge in [0.05, 0.1) is 46.2 Å². The van der Waals surface area contributed by atoms with Crippen LogP contribution >= 0.6 is 0 Å². The number of amides is 3. The van der Waals surface area contributed by atoms with Gasteiger partial charge >= 0.3 is 0 Å². The van der Waals surface area contributed by atoms with Gasteiger partial charge < -0.3 is 24.2 Å². The molecule has 0 bridgehead atoms. The normalized spacial score (nSPS) is 19.7. The number of aliphatic hydroxyl groups excluding tert-OH is 1. The molecule has 9 nitrogen and oxygen atoms in total. The number of carbonyl (C=O) groups is 3. The summed E-state index contributed by atoms with van der Waals surface area (Å²) in [5.74, 6) is -0.862. The highest BCUT2D eigenvalue weighted by atomic mass is 16.5. The van der Waals surface area contributed by atoms with E-state index in [4.69, 9.17) is 14.2 Å². The van der Waals surface area contributed by atoms with Crippen LogP contribution in [0.15, 0.2) is 24.3 Å². The predicted molar refractivity (Wildman–Crippen MR) is 85.2 cm³/mol. The lowest BCUT2D eigenvalue weighted by molar-refractivity contribution is -0.137. The number of nitrogens with zero attached hydrogens (tertiary/aromatic N) is 2. The molecule has 2 rings (SSSR count). The van der Waals surface area contributed by atoms with E-state index < -0.39 is 6.23 Å². The molecule has 0 aliphatic carbocycles. The fourth-order valence-electron chi connectivity index (χ4n) is 2.25. The lowest BCUT2D eigenvalue weighted by atomic mass is 10.5. The molecule has 0 aromatic carbocycles. The smallest absolute Gasteiger partial charge is 0.253 e. The van der Waals surface area contributed by atoms with Gasteiger partial charge in [0.2, 0.25) is 5.91 Å². The van der Waals surface area contributed by atoms with E-state index in [1.165, 1.54) is 29.2 Å². The van der Waals surface area contributed by atoms with Crippen molar-refractivity contribution in [1.82, 2.24) is 9.80 Å². The molecule has 1 N–H and O–H groups in total. The van der Waals surface area contributed by atoms with Gasteiger partial charge in [-0.3, -0.25) is 19.3 Å². The van der Waals surface area contributed by atoms with Crippen LogP contribution in [-0.4, -0.2) is 91.6 Å². The Morgan fingerprint density at radius 2 is 1.28 bits per heavy atom. The quantitative estimate of drug-likeness (QED) is 0.342. The Morgan fingerprint density at radius 1 is 0.760 bits per heavy atom. The molecule has 0 aromatic heterocycles. The Kier molecular flexibility index (Phi) is 7.74. The molecule has 0 fully saturated rings. The average molecular weight is 354 g/mol. The summed E-state index contributed by atoms with van der Waals surface area (Å²) in [5, 5.41) is 9.48. The van der Waals surface area contributed by atoms with Crippen molar-refractivity contribution in [2.75, 3.05) is 52.7 Å². The molecule has 2 heterocycles. The number of imide groups is 1. The van der Waals surface area contributed by atoms with E-state index in [-0.39, 0.29) is 30.9 Å². The number of aliphatic hydroxyl groups is 1. The van der Waals surface area contributed by atoms with Crippen LogP contribution in [0.25, 0.3) is 0 Å². The van der Waals surface area contributed by atoms with Gasteiger partial charge in [0, 0.05) is 24.8 Å². The molecule has 25 heavy (non-hydrogen) atoms. The van der Waals surface area contributed by atoms with Crippen molar-refractivity contribution in [3.8, 4) is 0 Å². The molecule has 1 unspecified atom stereocenters. The Hall–Kier alpha value is -2.07. The van der Waals surface area contributed by atoms with Crippen LogP contribution in [-0.2, 0) is 28.6 Å². The third kappa shape index (κ3) is 6.05. The zero-order valence-corrected chi connectivity index (χ0v) is 13.8. The molecule has 9 heteroatoms. The summed E-state index contributed by atoms with van der Waals surface area (Å²) >= 11 is 0. The summed E-state index contributed by atoms with van der Waals surface area (Å²) in [4.78, 5) is 36.3. The largest absolute Gasteiger partial charge is 0.377 e. The van der Waals surface area contributed by atoms with Crippen LogP contribution in [0, 0.1) is 0 Å². The third-order valence-electron chi connectivity index (χ3n) is 3.59. The summed E-state index contributed by atoms with van der Waals surface area (Å²) in [6.07, 6.45) is 4.37. The molecule has 2 aliphatic rings. The topological polar surface area (TPSA) is 106 Å². The monoisotopic (exact) mass is 354 g/mol. The maximum absolute atomic E-state index is 11.3. The van der Waals surface area contributed by atoms with Gasteiger partial charge in [0.25, 0.3) is 11.8 Å². The van der Waals surface area contributed by atoms with Crippen LogP contribution in [0.3, 0.4) is 0 Å². The molecule has 2 aliphatic heterocycles. The van der Waals surface area contributed by atoms with E-state index in [0.717, 1.165) is 4.90 Å². The average Bonchev–Trinajstić information content (AvgIpc) is 3.08. The van der Waals surface area contributed by atoms with Crippen molar-refractivity contribution in [3.05, 3.63) is 24.3 Å². The third-order valence-corrected chi connectivity index (χ3v) is 3.59. The highest BCUT2D eigenvalue weighted by molar-refractivity contribution is 6.12. The van der Waals surface area contributed by atoms with Gasteiger partial charge in [-0.25, -0.2) is 0 Å². The van der Waals surface area contributed by atoms with E-state index in [1.54, 1.807) is 0 Å². The standard InChI is InChI=1S/C16H22N2O7/c19-13-1-2-14(20)17(13)5-7-23-9-11-25-12-10-24-8-6-18-15(21)3-4-16(18)22/h1-4,13,19H,5-12H2. The molecule has 138 valence electrons. The molecular formula is C16H22N2O7. The first-order chi connectivity index (χ1) is 12.1. The van der Waals surface area contributed by atoms with Gasteiger partial charge in [-0.15, -0.1) is 0 Å². The second-order valence-electron chi connectivity index (χ2n) is 5.30. The van der Waals surface area contributed by atoms with Crippen molar-refractivity contribution in [3.63, 3.8) is 0 Å². The van der Waals surface area contributed by atoms with Crippen LogP contribution in [0.2, 0.25) is 0 Å². The van der Waals surface area contributed by atoms with Gasteiger partial charge in [-0.1, -0.05) is 0 Å². The number of ether oxygens (including phenoxy) is 3. The first-order valence-corrected chi connectivity index (χ1v) is 8.03. The van der Waals surface area contributed by atoms with Crippen LogP contribution in [0.5, 0.6) is 0 Å². The Labute approximate surface area is 145 Å². The SMILES string of the molecule is O=C1C=CC(=O)N1CCOCCOCCOCCN1C(=O)C=CC1O. The minimum atomic E-state index is -0.869. The van der Waals surface area contributed by atoms with Gasteiger partial charge in [0.1, 0.15) is 6.23 Å². The molecule has 3 amide bonds. The number of hydrogen-bond acceptors (Lipinski definition) is 7.